The highest BCUT2D eigenvalue weighted by Gasteiger charge is 2.11. The highest BCUT2D eigenvalue weighted by atomic mass is 16.6. The van der Waals surface area contributed by atoms with Crippen molar-refractivity contribution < 1.29 is 19.0 Å². The van der Waals surface area contributed by atoms with E-state index in [-0.39, 0.29) is 12.3 Å². The van der Waals surface area contributed by atoms with Crippen LogP contribution in [0.1, 0.15) is 11.1 Å². The molecule has 0 bridgehead atoms. The van der Waals surface area contributed by atoms with Crippen molar-refractivity contribution in [1.29, 1.82) is 5.26 Å². The number of methoxy groups -OCH3 is 2. The first kappa shape index (κ1) is 17.2. The summed E-state index contributed by atoms with van der Waals surface area (Å²) in [5.74, 6) is 1.84. The van der Waals surface area contributed by atoms with Gasteiger partial charge in [0.15, 0.2) is 17.2 Å². The molecule has 2 aromatic rings. The van der Waals surface area contributed by atoms with Crippen LogP contribution in [0.25, 0.3) is 0 Å². The van der Waals surface area contributed by atoms with Crippen LogP contribution in [-0.2, 0) is 11.4 Å². The average Bonchev–Trinajstić information content (AvgIpc) is 2.64. The van der Waals surface area contributed by atoms with Crippen molar-refractivity contribution in [2.75, 3.05) is 21.3 Å². The normalized spacial score (nSPS) is 10.7. The van der Waals surface area contributed by atoms with Gasteiger partial charge in [-0.05, 0) is 17.7 Å². The number of nitrogens with zero attached hydrogens (tertiary/aromatic N) is 2. The van der Waals surface area contributed by atoms with Crippen molar-refractivity contribution in [1.82, 2.24) is 0 Å². The Balaban J connectivity index is 2.21. The Kier molecular flexibility index (Phi) is 6.03. The molecule has 0 aliphatic carbocycles. The maximum atomic E-state index is 9.21. The third kappa shape index (κ3) is 3.96. The molecular weight excluding hydrogens is 308 g/mol. The summed E-state index contributed by atoms with van der Waals surface area (Å²) in [4.78, 5) is 4.72. The minimum atomic E-state index is 0.198. The molecule has 0 radical (unpaired) electrons. The highest BCUT2D eigenvalue weighted by Crippen LogP contribution is 2.31. The van der Waals surface area contributed by atoms with Crippen LogP contribution in [0, 0.1) is 11.3 Å². The first-order valence-corrected chi connectivity index (χ1v) is 7.17. The molecule has 24 heavy (non-hydrogen) atoms. The number of hydrogen-bond acceptors (Lipinski definition) is 6. The first-order chi connectivity index (χ1) is 11.7. The van der Waals surface area contributed by atoms with E-state index in [1.165, 1.54) is 7.11 Å². The highest BCUT2D eigenvalue weighted by molar-refractivity contribution is 6.12. The van der Waals surface area contributed by atoms with Crippen LogP contribution in [-0.4, -0.2) is 27.0 Å². The van der Waals surface area contributed by atoms with E-state index < -0.39 is 0 Å². The lowest BCUT2D eigenvalue weighted by molar-refractivity contribution is 0.214. The van der Waals surface area contributed by atoms with Gasteiger partial charge in [0.25, 0.3) is 0 Å². The second kappa shape index (κ2) is 8.44. The monoisotopic (exact) mass is 326 g/mol. The second-order valence-electron chi connectivity index (χ2n) is 4.70. The zero-order valence-corrected chi connectivity index (χ0v) is 13.8. The third-order valence-electron chi connectivity index (χ3n) is 3.31. The average molecular weight is 326 g/mol. The maximum absolute atomic E-state index is 9.21. The molecule has 6 heteroatoms. The molecule has 0 saturated carbocycles. The summed E-state index contributed by atoms with van der Waals surface area (Å²) in [5, 5.41) is 13.0. The molecular formula is C18H18N2O4. The molecule has 124 valence electrons. The third-order valence-corrected chi connectivity index (χ3v) is 3.31. The molecule has 2 rings (SSSR count). The fraction of sp³-hybridized carbons (Fsp3) is 0.222. The molecule has 6 nitrogen and oxygen atoms in total. The Morgan fingerprint density at radius 2 is 1.79 bits per heavy atom. The zero-order valence-electron chi connectivity index (χ0n) is 13.8. The fourth-order valence-electron chi connectivity index (χ4n) is 2.17. The summed E-state index contributed by atoms with van der Waals surface area (Å²) in [5.41, 5.74) is 1.69. The van der Waals surface area contributed by atoms with Crippen molar-refractivity contribution >= 4 is 5.71 Å². The van der Waals surface area contributed by atoms with Gasteiger partial charge in [-0.1, -0.05) is 29.4 Å². The molecule has 2 aromatic carbocycles. The lowest BCUT2D eigenvalue weighted by Gasteiger charge is -2.12. The Morgan fingerprint density at radius 1 is 1.04 bits per heavy atom. The second-order valence-corrected chi connectivity index (χ2v) is 4.70. The van der Waals surface area contributed by atoms with Gasteiger partial charge in [-0.3, -0.25) is 0 Å². The van der Waals surface area contributed by atoms with E-state index in [0.29, 0.717) is 22.8 Å². The van der Waals surface area contributed by atoms with Crippen LogP contribution in [0.3, 0.4) is 0 Å². The van der Waals surface area contributed by atoms with Crippen molar-refractivity contribution in [3.63, 3.8) is 0 Å². The Hall–Kier alpha value is -3.20. The number of nitriles is 1. The summed E-state index contributed by atoms with van der Waals surface area (Å²) in [6.07, 6.45) is 0. The molecule has 0 spiro atoms. The summed E-state index contributed by atoms with van der Waals surface area (Å²) in [7, 11) is 4.55. The van der Waals surface area contributed by atoms with E-state index in [1.807, 2.05) is 24.3 Å². The first-order valence-electron chi connectivity index (χ1n) is 7.17. The van der Waals surface area contributed by atoms with Crippen molar-refractivity contribution in [3.8, 4) is 23.3 Å². The van der Waals surface area contributed by atoms with Gasteiger partial charge in [-0.15, -0.1) is 0 Å². The molecule has 0 N–H and O–H groups in total. The number of oxime groups is 1. The maximum Gasteiger partial charge on any atom is 0.187 e. The molecule has 0 aliphatic rings. The van der Waals surface area contributed by atoms with E-state index in [4.69, 9.17) is 19.0 Å². The van der Waals surface area contributed by atoms with E-state index >= 15 is 0 Å². The molecule has 0 saturated heterocycles. The quantitative estimate of drug-likeness (QED) is 0.577. The number of benzene rings is 2. The molecule has 0 aromatic heterocycles. The minimum absolute atomic E-state index is 0.198. The minimum Gasteiger partial charge on any atom is -0.493 e. The molecule has 0 heterocycles. The lowest BCUT2D eigenvalue weighted by Crippen LogP contribution is -2.06. The van der Waals surface area contributed by atoms with Crippen molar-refractivity contribution in [2.24, 2.45) is 5.16 Å². The molecule has 0 aliphatic heterocycles. The molecule has 0 fully saturated rings. The van der Waals surface area contributed by atoms with Gasteiger partial charge in [0, 0.05) is 11.6 Å². The lowest BCUT2D eigenvalue weighted by atomic mass is 10.0. The number of hydrogen-bond donors (Lipinski definition) is 0. The van der Waals surface area contributed by atoms with Crippen LogP contribution < -0.4 is 14.2 Å². The predicted octanol–water partition coefficient (Wildman–Crippen LogP) is 3.16. The van der Waals surface area contributed by atoms with Crippen LogP contribution in [0.4, 0.5) is 0 Å². The van der Waals surface area contributed by atoms with Crippen LogP contribution >= 0.6 is 0 Å². The summed E-state index contributed by atoms with van der Waals surface area (Å²) >= 11 is 0. The van der Waals surface area contributed by atoms with Gasteiger partial charge < -0.3 is 19.0 Å². The SMILES string of the molecule is CON=C(C#N)c1ccccc1COc1ccc(OC)c(OC)c1. The fourth-order valence-corrected chi connectivity index (χ4v) is 2.17. The van der Waals surface area contributed by atoms with Gasteiger partial charge >= 0.3 is 0 Å². The zero-order chi connectivity index (χ0) is 17.4. The molecule has 0 unspecified atom stereocenters. The van der Waals surface area contributed by atoms with Gasteiger partial charge in [-0.2, -0.15) is 5.26 Å². The molecule has 0 amide bonds. The van der Waals surface area contributed by atoms with Crippen LogP contribution in [0.15, 0.2) is 47.6 Å². The Labute approximate surface area is 140 Å². The van der Waals surface area contributed by atoms with Gasteiger partial charge in [0.2, 0.25) is 0 Å². The Bertz CT molecular complexity index is 766. The summed E-state index contributed by atoms with van der Waals surface area (Å²) < 4.78 is 16.3. The topological polar surface area (TPSA) is 73.1 Å². The summed E-state index contributed by atoms with van der Waals surface area (Å²) in [6.45, 7) is 0.274. The van der Waals surface area contributed by atoms with Crippen molar-refractivity contribution in [3.05, 3.63) is 53.6 Å². The summed E-state index contributed by atoms with van der Waals surface area (Å²) in [6, 6.07) is 14.7. The Morgan fingerprint density at radius 3 is 2.46 bits per heavy atom. The van der Waals surface area contributed by atoms with E-state index in [9.17, 15) is 5.26 Å². The van der Waals surface area contributed by atoms with Gasteiger partial charge in [0.05, 0.1) is 14.2 Å². The van der Waals surface area contributed by atoms with Gasteiger partial charge in [-0.25, -0.2) is 0 Å². The smallest absolute Gasteiger partial charge is 0.187 e. The largest absolute Gasteiger partial charge is 0.493 e. The van der Waals surface area contributed by atoms with Gasteiger partial charge in [0.1, 0.15) is 25.5 Å². The number of ether oxygens (including phenoxy) is 3. The predicted molar refractivity (Wildman–Crippen MR) is 89.5 cm³/mol. The van der Waals surface area contributed by atoms with Crippen molar-refractivity contribution in [2.45, 2.75) is 6.61 Å². The van der Waals surface area contributed by atoms with E-state index in [1.54, 1.807) is 38.5 Å². The van der Waals surface area contributed by atoms with E-state index in [0.717, 1.165) is 5.56 Å². The van der Waals surface area contributed by atoms with Crippen LogP contribution in [0.5, 0.6) is 17.2 Å². The number of rotatable bonds is 7. The van der Waals surface area contributed by atoms with E-state index in [2.05, 4.69) is 5.16 Å². The van der Waals surface area contributed by atoms with Crippen LogP contribution in [0.2, 0.25) is 0 Å². The molecule has 0 atom stereocenters. The standard InChI is InChI=1S/C18H18N2O4/c1-21-17-9-8-14(10-18(17)22-2)24-12-13-6-4-5-7-15(13)16(11-19)20-23-3/h4-10H,12H2,1-3H3.